The van der Waals surface area contributed by atoms with E-state index in [2.05, 4.69) is 142 Å². The van der Waals surface area contributed by atoms with Gasteiger partial charge in [0.2, 0.25) is 5.71 Å². The molecule has 262 valence electrons. The highest BCUT2D eigenvalue weighted by atomic mass is 16.3. The Morgan fingerprint density at radius 2 is 0.982 bits per heavy atom. The van der Waals surface area contributed by atoms with E-state index < -0.39 is 0 Å². The average molecular weight is 719 g/mol. The maximum absolute atomic E-state index is 6.10. The smallest absolute Gasteiger partial charge is 0.227 e. The zero-order valence-corrected chi connectivity index (χ0v) is 29.9. The highest BCUT2D eigenvalue weighted by Crippen LogP contribution is 2.39. The van der Waals surface area contributed by atoms with E-state index in [1.807, 2.05) is 42.7 Å². The lowest BCUT2D eigenvalue weighted by molar-refractivity contribution is 0.654. The van der Waals surface area contributed by atoms with Crippen LogP contribution in [0.25, 0.3) is 88.4 Å². The maximum atomic E-state index is 6.10. The predicted molar refractivity (Wildman–Crippen MR) is 226 cm³/mol. The molecule has 0 radical (unpaired) electrons. The van der Waals surface area contributed by atoms with Crippen LogP contribution in [0.1, 0.15) is 0 Å². The zero-order chi connectivity index (χ0) is 37.0. The SMILES string of the molecule is c1cnc2cnc(-c3ccc(N(c4ccc(-c5cc6cccnc6cn5)cc4)c4ccc5cc(-c6ccc7c(n6)oc6ccccc67)ccc5c4)cc3)cc2c1. The van der Waals surface area contributed by atoms with Crippen LogP contribution in [-0.4, -0.2) is 24.9 Å². The van der Waals surface area contributed by atoms with Gasteiger partial charge in [0.25, 0.3) is 0 Å². The standard InChI is InChI=1S/C49H30N6O/c1-2-8-48-41(7-1)42-21-22-43(54-49(42)56-48)37-10-9-34-26-40(20-15-33(34)25-37)55(38-16-11-31(12-17-38)44-27-35-5-3-23-50-46(35)29-52-44)39-18-13-32(14-19-39)45-28-36-6-4-24-51-47(36)30-53-45/h1-30H. The lowest BCUT2D eigenvalue weighted by atomic mass is 10.0. The molecule has 0 spiro atoms. The number of anilines is 3. The molecule has 5 aromatic carbocycles. The first kappa shape index (κ1) is 31.7. The Hall–Kier alpha value is -7.77. The molecule has 11 rings (SSSR count). The van der Waals surface area contributed by atoms with Crippen LogP contribution >= 0.6 is 0 Å². The van der Waals surface area contributed by atoms with Gasteiger partial charge in [-0.2, -0.15) is 0 Å². The molecule has 0 bridgehead atoms. The van der Waals surface area contributed by atoms with Crippen molar-refractivity contribution in [2.24, 2.45) is 0 Å². The van der Waals surface area contributed by atoms with Crippen LogP contribution in [-0.2, 0) is 0 Å². The Bertz CT molecular complexity index is 3140. The lowest BCUT2D eigenvalue weighted by Gasteiger charge is -2.26. The van der Waals surface area contributed by atoms with Gasteiger partial charge in [0.05, 0.1) is 40.5 Å². The van der Waals surface area contributed by atoms with Crippen LogP contribution in [0.4, 0.5) is 17.1 Å². The number of hydrogen-bond acceptors (Lipinski definition) is 7. The molecule has 0 N–H and O–H groups in total. The molecule has 56 heavy (non-hydrogen) atoms. The van der Waals surface area contributed by atoms with E-state index in [1.54, 1.807) is 12.4 Å². The van der Waals surface area contributed by atoms with Crippen LogP contribution < -0.4 is 4.90 Å². The largest absolute Gasteiger partial charge is 0.438 e. The highest BCUT2D eigenvalue weighted by molar-refractivity contribution is 6.04. The number of para-hydroxylation sites is 1. The molecule has 0 aliphatic carbocycles. The summed E-state index contributed by atoms with van der Waals surface area (Å²) < 4.78 is 6.10. The van der Waals surface area contributed by atoms with E-state index in [1.165, 1.54) is 0 Å². The molecule has 7 nitrogen and oxygen atoms in total. The minimum Gasteiger partial charge on any atom is -0.438 e. The maximum Gasteiger partial charge on any atom is 0.227 e. The highest BCUT2D eigenvalue weighted by Gasteiger charge is 2.16. The molecule has 0 unspecified atom stereocenters. The van der Waals surface area contributed by atoms with E-state index in [-0.39, 0.29) is 0 Å². The van der Waals surface area contributed by atoms with Crippen molar-refractivity contribution in [3.05, 3.63) is 183 Å². The second-order valence-electron chi connectivity index (χ2n) is 13.9. The Kier molecular flexibility index (Phi) is 7.35. The molecule has 0 aliphatic heterocycles. The predicted octanol–water partition coefficient (Wildman–Crippen LogP) is 12.5. The Morgan fingerprint density at radius 1 is 0.393 bits per heavy atom. The molecule has 0 fully saturated rings. The summed E-state index contributed by atoms with van der Waals surface area (Å²) in [6, 6.07) is 54.7. The molecule has 6 heterocycles. The van der Waals surface area contributed by atoms with Crippen molar-refractivity contribution in [3.8, 4) is 33.8 Å². The quantitative estimate of drug-likeness (QED) is 0.169. The monoisotopic (exact) mass is 718 g/mol. The fourth-order valence-corrected chi connectivity index (χ4v) is 7.57. The molecule has 0 saturated heterocycles. The van der Waals surface area contributed by atoms with Gasteiger partial charge in [-0.15, -0.1) is 0 Å². The molecule has 6 aromatic heterocycles. The number of furan rings is 1. The fraction of sp³-hybridized carbons (Fsp3) is 0. The molecule has 0 aliphatic rings. The van der Waals surface area contributed by atoms with Crippen molar-refractivity contribution in [1.82, 2.24) is 24.9 Å². The Balaban J connectivity index is 0.969. The van der Waals surface area contributed by atoms with Crippen molar-refractivity contribution >= 4 is 71.7 Å². The van der Waals surface area contributed by atoms with Gasteiger partial charge in [-0.1, -0.05) is 72.8 Å². The summed E-state index contributed by atoms with van der Waals surface area (Å²) in [4.78, 5) is 25.5. The fourth-order valence-electron chi connectivity index (χ4n) is 7.57. The van der Waals surface area contributed by atoms with Crippen molar-refractivity contribution in [2.45, 2.75) is 0 Å². The van der Waals surface area contributed by atoms with E-state index in [0.29, 0.717) is 5.71 Å². The summed E-state index contributed by atoms with van der Waals surface area (Å²) in [6.07, 6.45) is 7.25. The summed E-state index contributed by atoms with van der Waals surface area (Å²) >= 11 is 0. The minimum absolute atomic E-state index is 0.647. The van der Waals surface area contributed by atoms with Gasteiger partial charge in [0.15, 0.2) is 0 Å². The molecule has 0 saturated carbocycles. The van der Waals surface area contributed by atoms with E-state index in [9.17, 15) is 0 Å². The molecule has 0 atom stereocenters. The number of rotatable bonds is 6. The number of nitrogens with zero attached hydrogens (tertiary/aromatic N) is 6. The van der Waals surface area contributed by atoms with Crippen molar-refractivity contribution in [2.75, 3.05) is 4.90 Å². The second-order valence-corrected chi connectivity index (χ2v) is 13.9. The summed E-state index contributed by atoms with van der Waals surface area (Å²) in [5.41, 5.74) is 12.1. The van der Waals surface area contributed by atoms with Crippen molar-refractivity contribution < 1.29 is 4.42 Å². The van der Waals surface area contributed by atoms with Crippen LogP contribution in [0.15, 0.2) is 187 Å². The van der Waals surface area contributed by atoms with Crippen molar-refractivity contribution in [3.63, 3.8) is 0 Å². The molecular weight excluding hydrogens is 689 g/mol. The van der Waals surface area contributed by atoms with E-state index in [0.717, 1.165) is 99.8 Å². The van der Waals surface area contributed by atoms with Gasteiger partial charge in [0, 0.05) is 67.7 Å². The first-order chi connectivity index (χ1) is 27.7. The number of benzene rings is 5. The molecule has 7 heteroatoms. The third kappa shape index (κ3) is 5.58. The number of fused-ring (bicyclic) bond motifs is 6. The van der Waals surface area contributed by atoms with Gasteiger partial charge >= 0.3 is 0 Å². The normalized spacial score (nSPS) is 11.6. The summed E-state index contributed by atoms with van der Waals surface area (Å²) in [6.45, 7) is 0. The topological polar surface area (TPSA) is 80.8 Å². The third-order valence-corrected chi connectivity index (χ3v) is 10.4. The summed E-state index contributed by atoms with van der Waals surface area (Å²) in [5, 5.41) is 6.46. The third-order valence-electron chi connectivity index (χ3n) is 10.4. The van der Waals surface area contributed by atoms with Crippen LogP contribution in [0.3, 0.4) is 0 Å². The van der Waals surface area contributed by atoms with Crippen molar-refractivity contribution in [1.29, 1.82) is 0 Å². The molecule has 0 amide bonds. The zero-order valence-electron chi connectivity index (χ0n) is 29.9. The molecular formula is C49H30N6O. The van der Waals surface area contributed by atoms with Gasteiger partial charge < -0.3 is 9.32 Å². The first-order valence-electron chi connectivity index (χ1n) is 18.5. The lowest BCUT2D eigenvalue weighted by Crippen LogP contribution is -2.10. The van der Waals surface area contributed by atoms with Gasteiger partial charge in [-0.25, -0.2) is 4.98 Å². The summed E-state index contributed by atoms with van der Waals surface area (Å²) in [7, 11) is 0. The average Bonchev–Trinajstić information content (AvgIpc) is 3.64. The van der Waals surface area contributed by atoms with Gasteiger partial charge in [-0.3, -0.25) is 19.9 Å². The van der Waals surface area contributed by atoms with E-state index >= 15 is 0 Å². The number of hydrogen-bond donors (Lipinski definition) is 0. The number of aromatic nitrogens is 5. The first-order valence-corrected chi connectivity index (χ1v) is 18.5. The Morgan fingerprint density at radius 3 is 1.66 bits per heavy atom. The minimum atomic E-state index is 0.647. The van der Waals surface area contributed by atoms with Crippen LogP contribution in [0.2, 0.25) is 0 Å². The van der Waals surface area contributed by atoms with Crippen LogP contribution in [0, 0.1) is 0 Å². The molecule has 11 aromatic rings. The van der Waals surface area contributed by atoms with E-state index in [4.69, 9.17) is 19.4 Å². The Labute approximate surface area is 321 Å². The van der Waals surface area contributed by atoms with Gasteiger partial charge in [0.1, 0.15) is 5.58 Å². The summed E-state index contributed by atoms with van der Waals surface area (Å²) in [5.74, 6) is 0. The van der Waals surface area contributed by atoms with Gasteiger partial charge in [-0.05, 0) is 95.7 Å². The second kappa shape index (κ2) is 13.0. The number of pyridine rings is 5. The van der Waals surface area contributed by atoms with Crippen LogP contribution in [0.5, 0.6) is 0 Å².